The highest BCUT2D eigenvalue weighted by Gasteiger charge is 2.14. The van der Waals surface area contributed by atoms with E-state index in [0.717, 1.165) is 21.2 Å². The lowest BCUT2D eigenvalue weighted by Crippen LogP contribution is -2.28. The van der Waals surface area contributed by atoms with Crippen LogP contribution in [0.25, 0.3) is 10.8 Å². The van der Waals surface area contributed by atoms with Crippen LogP contribution in [0.5, 0.6) is 0 Å². The summed E-state index contributed by atoms with van der Waals surface area (Å²) >= 11 is 1.53. The second-order valence-corrected chi connectivity index (χ2v) is 6.34. The minimum Gasteiger partial charge on any atom is -0.387 e. The van der Waals surface area contributed by atoms with Crippen LogP contribution in [-0.4, -0.2) is 23.8 Å². The third-order valence-corrected chi connectivity index (χ3v) is 4.79. The molecule has 0 fully saturated rings. The molecule has 0 radical (unpaired) electrons. The molecule has 122 valence electrons. The van der Waals surface area contributed by atoms with Crippen molar-refractivity contribution in [2.24, 2.45) is 0 Å². The highest BCUT2D eigenvalue weighted by molar-refractivity contribution is 7.98. The van der Waals surface area contributed by atoms with Crippen molar-refractivity contribution in [1.29, 1.82) is 0 Å². The van der Waals surface area contributed by atoms with Gasteiger partial charge in [0, 0.05) is 11.4 Å². The molecular formula is C20H19NO2S. The predicted molar refractivity (Wildman–Crippen MR) is 99.5 cm³/mol. The zero-order valence-electron chi connectivity index (χ0n) is 13.4. The Hall–Kier alpha value is -2.30. The number of nitrogens with one attached hydrogen (secondary N) is 1. The number of benzene rings is 3. The highest BCUT2D eigenvalue weighted by atomic mass is 32.2. The first-order valence-electron chi connectivity index (χ1n) is 7.77. The van der Waals surface area contributed by atoms with Crippen molar-refractivity contribution in [3.8, 4) is 0 Å². The zero-order valence-corrected chi connectivity index (χ0v) is 14.2. The van der Waals surface area contributed by atoms with E-state index in [4.69, 9.17) is 0 Å². The van der Waals surface area contributed by atoms with Gasteiger partial charge in [0.25, 0.3) is 5.91 Å². The molecule has 0 bridgehead atoms. The smallest absolute Gasteiger partial charge is 0.252 e. The van der Waals surface area contributed by atoms with Crippen molar-refractivity contribution in [2.45, 2.75) is 11.0 Å². The molecule has 0 spiro atoms. The van der Waals surface area contributed by atoms with Gasteiger partial charge in [0.1, 0.15) is 0 Å². The molecule has 24 heavy (non-hydrogen) atoms. The molecule has 3 aromatic carbocycles. The number of aliphatic hydroxyl groups excluding tert-OH is 1. The number of aliphatic hydroxyl groups is 1. The molecule has 0 saturated carbocycles. The Morgan fingerprint density at radius 3 is 2.58 bits per heavy atom. The average molecular weight is 337 g/mol. The van der Waals surface area contributed by atoms with Gasteiger partial charge in [0.2, 0.25) is 0 Å². The van der Waals surface area contributed by atoms with Gasteiger partial charge < -0.3 is 10.4 Å². The summed E-state index contributed by atoms with van der Waals surface area (Å²) in [5.41, 5.74) is 1.46. The van der Waals surface area contributed by atoms with Gasteiger partial charge in [-0.3, -0.25) is 4.79 Å². The first-order chi connectivity index (χ1) is 11.7. The van der Waals surface area contributed by atoms with Crippen LogP contribution in [0.2, 0.25) is 0 Å². The lowest BCUT2D eigenvalue weighted by atomic mass is 10.0. The third-order valence-electron chi connectivity index (χ3n) is 3.99. The van der Waals surface area contributed by atoms with E-state index in [1.165, 1.54) is 11.8 Å². The summed E-state index contributed by atoms with van der Waals surface area (Å²) in [6.45, 7) is 0.176. The minimum absolute atomic E-state index is 0.167. The molecule has 1 atom stereocenters. The number of rotatable bonds is 5. The van der Waals surface area contributed by atoms with Crippen molar-refractivity contribution in [2.75, 3.05) is 12.8 Å². The quantitative estimate of drug-likeness (QED) is 0.691. The predicted octanol–water partition coefficient (Wildman–Crippen LogP) is 4.03. The van der Waals surface area contributed by atoms with Gasteiger partial charge in [-0.05, 0) is 34.7 Å². The van der Waals surface area contributed by atoms with Crippen molar-refractivity contribution in [3.05, 3.63) is 77.9 Å². The van der Waals surface area contributed by atoms with Crippen molar-refractivity contribution in [1.82, 2.24) is 5.32 Å². The first-order valence-corrected chi connectivity index (χ1v) is 9.00. The number of thioether (sulfide) groups is 1. The lowest BCUT2D eigenvalue weighted by Gasteiger charge is -2.15. The Morgan fingerprint density at radius 1 is 1.04 bits per heavy atom. The largest absolute Gasteiger partial charge is 0.387 e. The molecule has 0 aromatic heterocycles. The molecule has 0 aliphatic heterocycles. The van der Waals surface area contributed by atoms with Gasteiger partial charge in [-0.15, -0.1) is 11.8 Å². The summed E-state index contributed by atoms with van der Waals surface area (Å²) in [5, 5.41) is 15.4. The highest BCUT2D eigenvalue weighted by Crippen LogP contribution is 2.24. The summed E-state index contributed by atoms with van der Waals surface area (Å²) in [6, 6.07) is 21.2. The topological polar surface area (TPSA) is 49.3 Å². The Labute approximate surface area is 145 Å². The number of hydrogen-bond donors (Lipinski definition) is 2. The van der Waals surface area contributed by atoms with Gasteiger partial charge >= 0.3 is 0 Å². The molecule has 4 heteroatoms. The molecule has 0 aliphatic rings. The Bertz CT molecular complexity index is 858. The lowest BCUT2D eigenvalue weighted by molar-refractivity contribution is 0.0914. The molecule has 3 aromatic rings. The van der Waals surface area contributed by atoms with Crippen LogP contribution in [0.4, 0.5) is 0 Å². The number of carbonyl (C=O) groups is 1. The maximum Gasteiger partial charge on any atom is 0.252 e. The van der Waals surface area contributed by atoms with Crippen LogP contribution < -0.4 is 5.32 Å². The van der Waals surface area contributed by atoms with Crippen LogP contribution >= 0.6 is 11.8 Å². The van der Waals surface area contributed by atoms with E-state index < -0.39 is 6.10 Å². The third kappa shape index (κ3) is 3.45. The first kappa shape index (κ1) is 16.6. The number of carbonyl (C=O) groups excluding carboxylic acids is 1. The van der Waals surface area contributed by atoms with E-state index in [2.05, 4.69) is 5.32 Å². The van der Waals surface area contributed by atoms with Crippen LogP contribution in [-0.2, 0) is 0 Å². The van der Waals surface area contributed by atoms with E-state index in [-0.39, 0.29) is 12.5 Å². The second kappa shape index (κ2) is 7.51. The van der Waals surface area contributed by atoms with E-state index >= 15 is 0 Å². The standard InChI is InChI=1S/C20H19NO2S/c1-24-19-12-5-4-10-17(19)20(23)21-13-18(22)16-11-6-8-14-7-2-3-9-15(14)16/h2-12,18,22H,13H2,1H3,(H,21,23)/t18-/m0/s1. The van der Waals surface area contributed by atoms with Crippen LogP contribution in [0.1, 0.15) is 22.0 Å². The number of amides is 1. The summed E-state index contributed by atoms with van der Waals surface area (Å²) in [7, 11) is 0. The maximum absolute atomic E-state index is 12.4. The Morgan fingerprint density at radius 2 is 1.75 bits per heavy atom. The van der Waals surface area contributed by atoms with E-state index in [9.17, 15) is 9.90 Å². The summed E-state index contributed by atoms with van der Waals surface area (Å²) in [5.74, 6) is -0.167. The maximum atomic E-state index is 12.4. The Balaban J connectivity index is 1.75. The van der Waals surface area contributed by atoms with Crippen molar-refractivity contribution in [3.63, 3.8) is 0 Å². The summed E-state index contributed by atoms with van der Waals surface area (Å²) in [4.78, 5) is 13.3. The second-order valence-electron chi connectivity index (χ2n) is 5.49. The molecule has 3 rings (SSSR count). The summed E-state index contributed by atoms with van der Waals surface area (Å²) < 4.78 is 0. The molecule has 0 unspecified atom stereocenters. The molecular weight excluding hydrogens is 318 g/mol. The fraction of sp³-hybridized carbons (Fsp3) is 0.150. The molecule has 2 N–H and O–H groups in total. The molecule has 1 amide bonds. The Kier molecular flexibility index (Phi) is 5.18. The van der Waals surface area contributed by atoms with Crippen molar-refractivity contribution < 1.29 is 9.90 Å². The van der Waals surface area contributed by atoms with Crippen LogP contribution in [0, 0.1) is 0 Å². The van der Waals surface area contributed by atoms with E-state index in [1.54, 1.807) is 6.07 Å². The SMILES string of the molecule is CSc1ccccc1C(=O)NC[C@H](O)c1cccc2ccccc12. The fourth-order valence-corrected chi connectivity index (χ4v) is 3.36. The molecule has 0 aliphatic carbocycles. The minimum atomic E-state index is -0.749. The zero-order chi connectivity index (χ0) is 16.9. The number of fused-ring (bicyclic) bond motifs is 1. The van der Waals surface area contributed by atoms with E-state index in [1.807, 2.05) is 66.9 Å². The van der Waals surface area contributed by atoms with Crippen LogP contribution in [0.3, 0.4) is 0 Å². The van der Waals surface area contributed by atoms with Gasteiger partial charge in [-0.2, -0.15) is 0 Å². The van der Waals surface area contributed by atoms with Crippen molar-refractivity contribution >= 4 is 28.4 Å². The average Bonchev–Trinajstić information content (AvgIpc) is 2.65. The molecule has 0 heterocycles. The van der Waals surface area contributed by atoms with Crippen LogP contribution in [0.15, 0.2) is 71.6 Å². The normalized spacial score (nSPS) is 12.1. The number of hydrogen-bond acceptors (Lipinski definition) is 3. The molecule has 3 nitrogen and oxygen atoms in total. The van der Waals surface area contributed by atoms with Gasteiger partial charge in [-0.1, -0.05) is 54.6 Å². The van der Waals surface area contributed by atoms with Gasteiger partial charge in [0.15, 0.2) is 0 Å². The van der Waals surface area contributed by atoms with Gasteiger partial charge in [-0.25, -0.2) is 0 Å². The fourth-order valence-electron chi connectivity index (χ4n) is 2.77. The van der Waals surface area contributed by atoms with Gasteiger partial charge in [0.05, 0.1) is 11.7 Å². The monoisotopic (exact) mass is 337 g/mol. The van der Waals surface area contributed by atoms with E-state index in [0.29, 0.717) is 5.56 Å². The molecule has 0 saturated heterocycles. The summed E-state index contributed by atoms with van der Waals surface area (Å²) in [6.07, 6.45) is 1.19.